The second-order valence-electron chi connectivity index (χ2n) is 6.68. The van der Waals surface area contributed by atoms with Gasteiger partial charge in [0.05, 0.1) is 22.9 Å². The van der Waals surface area contributed by atoms with Gasteiger partial charge in [-0.25, -0.2) is 4.98 Å². The summed E-state index contributed by atoms with van der Waals surface area (Å²) in [5.41, 5.74) is 3.15. The monoisotopic (exact) mass is 406 g/mol. The summed E-state index contributed by atoms with van der Waals surface area (Å²) in [6.07, 6.45) is 6.66. The summed E-state index contributed by atoms with van der Waals surface area (Å²) in [5.74, 6) is 0.272. The molecule has 0 bridgehead atoms. The first-order valence-corrected chi connectivity index (χ1v) is 9.54. The summed E-state index contributed by atoms with van der Waals surface area (Å²) >= 11 is 6.34. The fraction of sp³-hybridized carbons (Fsp3) is 0.136. The van der Waals surface area contributed by atoms with Crippen LogP contribution in [-0.2, 0) is 6.54 Å². The number of furan rings is 1. The number of pyridine rings is 2. The van der Waals surface area contributed by atoms with Crippen LogP contribution in [0.5, 0.6) is 0 Å². The fourth-order valence-electron chi connectivity index (χ4n) is 2.98. The Labute approximate surface area is 172 Å². The summed E-state index contributed by atoms with van der Waals surface area (Å²) in [6, 6.07) is 13.2. The molecule has 4 rings (SSSR count). The quantitative estimate of drug-likeness (QED) is 0.472. The molecule has 0 radical (unpaired) electrons. The van der Waals surface area contributed by atoms with Crippen LogP contribution in [0.25, 0.3) is 11.0 Å². The standard InChI is InChI=1S/C22H19ClN4O2/c1-14(17-3-2-7-24-12-17)27-21-19(23)10-18(13-25-21)22(28)26-11-15-4-5-16-6-8-29-20(16)9-15/h2-10,12-14H,11H2,1H3,(H,25,27)(H,26,28). The summed E-state index contributed by atoms with van der Waals surface area (Å²) in [6.45, 7) is 2.37. The van der Waals surface area contributed by atoms with Gasteiger partial charge in [-0.1, -0.05) is 29.8 Å². The molecule has 1 unspecified atom stereocenters. The first kappa shape index (κ1) is 19.0. The predicted octanol–water partition coefficient (Wildman–Crippen LogP) is 4.98. The lowest BCUT2D eigenvalue weighted by molar-refractivity contribution is 0.0950. The van der Waals surface area contributed by atoms with Crippen LogP contribution in [0.1, 0.15) is 34.5 Å². The minimum atomic E-state index is -0.245. The number of halogens is 1. The zero-order chi connectivity index (χ0) is 20.2. The number of fused-ring (bicyclic) bond motifs is 1. The summed E-state index contributed by atoms with van der Waals surface area (Å²) in [7, 11) is 0. The number of nitrogens with zero attached hydrogens (tertiary/aromatic N) is 2. The Bertz CT molecular complexity index is 1140. The molecular formula is C22H19ClN4O2. The molecule has 2 N–H and O–H groups in total. The van der Waals surface area contributed by atoms with Crippen LogP contribution in [0, 0.1) is 0 Å². The van der Waals surface area contributed by atoms with E-state index in [2.05, 4.69) is 20.6 Å². The van der Waals surface area contributed by atoms with Crippen molar-refractivity contribution in [2.45, 2.75) is 19.5 Å². The Kier molecular flexibility index (Phi) is 5.44. The Balaban J connectivity index is 1.40. The van der Waals surface area contributed by atoms with Gasteiger partial charge in [0.15, 0.2) is 0 Å². The zero-order valence-corrected chi connectivity index (χ0v) is 16.5. The molecule has 1 atom stereocenters. The van der Waals surface area contributed by atoms with Crippen molar-refractivity contribution in [2.24, 2.45) is 0 Å². The summed E-state index contributed by atoms with van der Waals surface area (Å²) in [4.78, 5) is 20.9. The highest BCUT2D eigenvalue weighted by Crippen LogP contribution is 2.25. The van der Waals surface area contributed by atoms with Crippen LogP contribution in [-0.4, -0.2) is 15.9 Å². The highest BCUT2D eigenvalue weighted by Gasteiger charge is 2.13. The van der Waals surface area contributed by atoms with Crippen molar-refractivity contribution in [3.63, 3.8) is 0 Å². The van der Waals surface area contributed by atoms with E-state index < -0.39 is 0 Å². The molecule has 0 aliphatic carbocycles. The number of hydrogen-bond acceptors (Lipinski definition) is 5. The Morgan fingerprint density at radius 3 is 2.90 bits per heavy atom. The van der Waals surface area contributed by atoms with Crippen molar-refractivity contribution >= 4 is 34.3 Å². The first-order chi connectivity index (χ1) is 14.1. The van der Waals surface area contributed by atoms with E-state index in [0.717, 1.165) is 22.1 Å². The van der Waals surface area contributed by atoms with Crippen molar-refractivity contribution in [1.82, 2.24) is 15.3 Å². The topological polar surface area (TPSA) is 80.0 Å². The molecule has 29 heavy (non-hydrogen) atoms. The van der Waals surface area contributed by atoms with Crippen LogP contribution in [0.2, 0.25) is 5.02 Å². The normalized spacial score (nSPS) is 11.9. The van der Waals surface area contributed by atoms with E-state index in [1.54, 1.807) is 24.7 Å². The molecule has 4 aromatic rings. The van der Waals surface area contributed by atoms with Gasteiger partial charge < -0.3 is 15.1 Å². The molecule has 0 fully saturated rings. The van der Waals surface area contributed by atoms with Crippen molar-refractivity contribution in [3.8, 4) is 0 Å². The lowest BCUT2D eigenvalue weighted by atomic mass is 10.1. The predicted molar refractivity (Wildman–Crippen MR) is 113 cm³/mol. The molecule has 1 amide bonds. The fourth-order valence-corrected chi connectivity index (χ4v) is 3.20. The maximum atomic E-state index is 12.5. The van der Waals surface area contributed by atoms with Gasteiger partial charge in [0.2, 0.25) is 0 Å². The van der Waals surface area contributed by atoms with Crippen LogP contribution < -0.4 is 10.6 Å². The third-order valence-electron chi connectivity index (χ3n) is 4.61. The molecule has 1 aromatic carbocycles. The molecule has 0 saturated heterocycles. The number of carbonyl (C=O) groups is 1. The number of carbonyl (C=O) groups excluding carboxylic acids is 1. The van der Waals surface area contributed by atoms with Gasteiger partial charge in [-0.05, 0) is 42.3 Å². The van der Waals surface area contributed by atoms with Crippen LogP contribution in [0.4, 0.5) is 5.82 Å². The average Bonchev–Trinajstić information content (AvgIpc) is 3.22. The van der Waals surface area contributed by atoms with Crippen molar-refractivity contribution in [3.05, 3.63) is 89.0 Å². The average molecular weight is 407 g/mol. The van der Waals surface area contributed by atoms with Crippen molar-refractivity contribution in [2.75, 3.05) is 5.32 Å². The highest BCUT2D eigenvalue weighted by molar-refractivity contribution is 6.33. The van der Waals surface area contributed by atoms with E-state index in [9.17, 15) is 4.79 Å². The molecule has 0 spiro atoms. The van der Waals surface area contributed by atoms with Gasteiger partial charge in [-0.15, -0.1) is 0 Å². The Morgan fingerprint density at radius 2 is 2.10 bits per heavy atom. The van der Waals surface area contributed by atoms with Gasteiger partial charge in [0.25, 0.3) is 5.91 Å². The van der Waals surface area contributed by atoms with Crippen molar-refractivity contribution in [1.29, 1.82) is 0 Å². The molecule has 3 heterocycles. The minimum Gasteiger partial charge on any atom is -0.464 e. The maximum Gasteiger partial charge on any atom is 0.253 e. The molecule has 6 nitrogen and oxygen atoms in total. The zero-order valence-electron chi connectivity index (χ0n) is 15.7. The second-order valence-corrected chi connectivity index (χ2v) is 7.09. The van der Waals surface area contributed by atoms with E-state index in [-0.39, 0.29) is 11.9 Å². The number of rotatable bonds is 6. The van der Waals surface area contributed by atoms with E-state index >= 15 is 0 Å². The number of anilines is 1. The van der Waals surface area contributed by atoms with Crippen LogP contribution in [0.15, 0.2) is 71.7 Å². The lowest BCUT2D eigenvalue weighted by Crippen LogP contribution is -2.23. The van der Waals surface area contributed by atoms with E-state index in [4.69, 9.17) is 16.0 Å². The third kappa shape index (κ3) is 4.38. The maximum absolute atomic E-state index is 12.5. The number of amides is 1. The summed E-state index contributed by atoms with van der Waals surface area (Å²) < 4.78 is 5.39. The second kappa shape index (κ2) is 8.32. The number of nitrogens with one attached hydrogen (secondary N) is 2. The largest absolute Gasteiger partial charge is 0.464 e. The molecule has 0 saturated carbocycles. The van der Waals surface area contributed by atoms with Gasteiger partial charge in [0.1, 0.15) is 11.4 Å². The smallest absolute Gasteiger partial charge is 0.253 e. The highest BCUT2D eigenvalue weighted by atomic mass is 35.5. The molecule has 0 aliphatic heterocycles. The number of aromatic nitrogens is 2. The number of benzene rings is 1. The molecule has 0 aliphatic rings. The van der Waals surface area contributed by atoms with Gasteiger partial charge in [-0.2, -0.15) is 0 Å². The molecule has 3 aromatic heterocycles. The SMILES string of the molecule is CC(Nc1ncc(C(=O)NCc2ccc3ccoc3c2)cc1Cl)c1cccnc1. The molecule has 7 heteroatoms. The van der Waals surface area contributed by atoms with Crippen LogP contribution in [0.3, 0.4) is 0 Å². The Morgan fingerprint density at radius 1 is 1.21 bits per heavy atom. The first-order valence-electron chi connectivity index (χ1n) is 9.16. The number of hydrogen-bond donors (Lipinski definition) is 2. The molecule has 146 valence electrons. The van der Waals surface area contributed by atoms with Gasteiger partial charge >= 0.3 is 0 Å². The van der Waals surface area contributed by atoms with Crippen LogP contribution >= 0.6 is 11.6 Å². The van der Waals surface area contributed by atoms with E-state index in [0.29, 0.717) is 22.9 Å². The summed E-state index contributed by atoms with van der Waals surface area (Å²) in [5, 5.41) is 7.52. The lowest BCUT2D eigenvalue weighted by Gasteiger charge is -2.16. The molecular weight excluding hydrogens is 388 g/mol. The van der Waals surface area contributed by atoms with Gasteiger partial charge in [0, 0.05) is 30.5 Å². The third-order valence-corrected chi connectivity index (χ3v) is 4.90. The van der Waals surface area contributed by atoms with E-state index in [1.807, 2.05) is 43.3 Å². The minimum absolute atomic E-state index is 0.0232. The van der Waals surface area contributed by atoms with E-state index in [1.165, 1.54) is 6.20 Å². The van der Waals surface area contributed by atoms with Gasteiger partial charge in [-0.3, -0.25) is 9.78 Å². The van der Waals surface area contributed by atoms with Crippen molar-refractivity contribution < 1.29 is 9.21 Å². The Hall–Kier alpha value is -3.38.